The normalized spacial score (nSPS) is 20.1. The fourth-order valence-corrected chi connectivity index (χ4v) is 3.63. The molecule has 1 aromatic rings. The van der Waals surface area contributed by atoms with Crippen LogP contribution in [-0.2, 0) is 13.8 Å². The Bertz CT molecular complexity index is 676. The molecule has 6 nitrogen and oxygen atoms in total. The number of ether oxygens (including phenoxy) is 2. The Morgan fingerprint density at radius 1 is 1.32 bits per heavy atom. The van der Waals surface area contributed by atoms with Crippen molar-refractivity contribution in [2.24, 2.45) is 0 Å². The average molecular weight is 348 g/mol. The van der Waals surface area contributed by atoms with E-state index in [0.717, 1.165) is 5.56 Å². The maximum Gasteiger partial charge on any atom is 0.237 e. The molecule has 2 atom stereocenters. The van der Waals surface area contributed by atoms with Crippen molar-refractivity contribution in [2.45, 2.75) is 24.6 Å². The molecule has 0 aliphatic carbocycles. The van der Waals surface area contributed by atoms with Crippen molar-refractivity contribution < 1.29 is 22.7 Å². The molecule has 0 N–H and O–H groups in total. The lowest BCUT2D eigenvalue weighted by atomic mass is 10.1. The lowest BCUT2D eigenvalue weighted by Crippen LogP contribution is -2.30. The molecule has 122 valence electrons. The molecule has 0 spiro atoms. The molecule has 2 rings (SSSR count). The molecular weight excluding hydrogens is 330 g/mol. The average Bonchev–Trinajstić information content (AvgIpc) is 2.88. The molecule has 8 heteroatoms. The van der Waals surface area contributed by atoms with E-state index >= 15 is 0 Å². The van der Waals surface area contributed by atoms with Crippen LogP contribution in [0.5, 0.6) is 11.5 Å². The molecular formula is C14H18ClNO5S. The highest BCUT2D eigenvalue weighted by molar-refractivity contribution is 8.14. The van der Waals surface area contributed by atoms with Crippen molar-refractivity contribution in [3.63, 3.8) is 0 Å². The summed E-state index contributed by atoms with van der Waals surface area (Å²) in [5.74, 6) is 1.00. The van der Waals surface area contributed by atoms with E-state index in [0.29, 0.717) is 11.5 Å². The highest BCUT2D eigenvalue weighted by Crippen LogP contribution is 2.35. The van der Waals surface area contributed by atoms with Crippen LogP contribution in [0.4, 0.5) is 0 Å². The lowest BCUT2D eigenvalue weighted by molar-refractivity contribution is -0.129. The standard InChI is InChI=1S/C14H18ClNO5S/c1-9(12-6-10(20-2)4-5-13(12)21-3)16-8-11(7-14(16)17)22(15,18)19/h4-6,9,11H,7-8H2,1-3H3. The molecule has 22 heavy (non-hydrogen) atoms. The minimum atomic E-state index is -3.76. The van der Waals surface area contributed by atoms with Gasteiger partial charge in [-0.3, -0.25) is 4.79 Å². The number of carbonyl (C=O) groups excluding carboxylic acids is 1. The SMILES string of the molecule is COc1ccc(OC)c(C(C)N2CC(S(=O)(=O)Cl)CC2=O)c1. The van der Waals surface area contributed by atoms with Crippen LogP contribution < -0.4 is 9.47 Å². The zero-order valence-corrected chi connectivity index (χ0v) is 14.1. The summed E-state index contributed by atoms with van der Waals surface area (Å²) in [6.45, 7) is 1.89. The minimum absolute atomic E-state index is 0.0756. The Morgan fingerprint density at radius 2 is 2.00 bits per heavy atom. The third kappa shape index (κ3) is 3.30. The largest absolute Gasteiger partial charge is 0.497 e. The number of nitrogens with zero attached hydrogens (tertiary/aromatic N) is 1. The maximum absolute atomic E-state index is 12.1. The van der Waals surface area contributed by atoms with Gasteiger partial charge < -0.3 is 14.4 Å². The van der Waals surface area contributed by atoms with Crippen LogP contribution in [0.15, 0.2) is 18.2 Å². The first-order chi connectivity index (χ1) is 10.3. The molecule has 1 fully saturated rings. The Morgan fingerprint density at radius 3 is 2.50 bits per heavy atom. The van der Waals surface area contributed by atoms with Gasteiger partial charge in [0, 0.05) is 29.2 Å². The van der Waals surface area contributed by atoms with Crippen LogP contribution in [0.2, 0.25) is 0 Å². The van der Waals surface area contributed by atoms with E-state index in [4.69, 9.17) is 20.2 Å². The third-order valence-electron chi connectivity index (χ3n) is 3.88. The number of amides is 1. The first kappa shape index (κ1) is 16.9. The number of likely N-dealkylation sites (tertiary alicyclic amines) is 1. The topological polar surface area (TPSA) is 72.9 Å². The van der Waals surface area contributed by atoms with Gasteiger partial charge in [-0.25, -0.2) is 8.42 Å². The second-order valence-electron chi connectivity index (χ2n) is 5.13. The highest BCUT2D eigenvalue weighted by Gasteiger charge is 2.40. The Hall–Kier alpha value is -1.47. The van der Waals surface area contributed by atoms with Crippen LogP contribution >= 0.6 is 10.7 Å². The first-order valence-electron chi connectivity index (χ1n) is 6.72. The van der Waals surface area contributed by atoms with Gasteiger partial charge in [0.2, 0.25) is 15.0 Å². The van der Waals surface area contributed by atoms with Crippen LogP contribution in [0.1, 0.15) is 24.9 Å². The molecule has 2 unspecified atom stereocenters. The molecule has 0 radical (unpaired) electrons. The summed E-state index contributed by atoms with van der Waals surface area (Å²) in [6, 6.07) is 4.94. The van der Waals surface area contributed by atoms with E-state index in [2.05, 4.69) is 0 Å². The second kappa shape index (κ2) is 6.34. The number of halogens is 1. The van der Waals surface area contributed by atoms with E-state index < -0.39 is 14.3 Å². The van der Waals surface area contributed by atoms with Crippen molar-refractivity contribution in [1.29, 1.82) is 0 Å². The van der Waals surface area contributed by atoms with Crippen molar-refractivity contribution >= 4 is 25.6 Å². The zero-order chi connectivity index (χ0) is 16.5. The summed E-state index contributed by atoms with van der Waals surface area (Å²) in [7, 11) is 4.70. The molecule has 1 amide bonds. The highest BCUT2D eigenvalue weighted by atomic mass is 35.7. The van der Waals surface area contributed by atoms with Gasteiger partial charge in [-0.1, -0.05) is 0 Å². The van der Waals surface area contributed by atoms with Crippen LogP contribution in [0.3, 0.4) is 0 Å². The molecule has 0 bridgehead atoms. The summed E-state index contributed by atoms with van der Waals surface area (Å²) in [4.78, 5) is 13.6. The van der Waals surface area contributed by atoms with E-state index in [1.165, 1.54) is 12.0 Å². The van der Waals surface area contributed by atoms with Gasteiger partial charge in [0.25, 0.3) is 0 Å². The Balaban J connectivity index is 2.32. The van der Waals surface area contributed by atoms with Crippen molar-refractivity contribution in [3.8, 4) is 11.5 Å². The smallest absolute Gasteiger partial charge is 0.237 e. The predicted molar refractivity (Wildman–Crippen MR) is 82.9 cm³/mol. The van der Waals surface area contributed by atoms with Crippen molar-refractivity contribution in [2.75, 3.05) is 20.8 Å². The fraction of sp³-hybridized carbons (Fsp3) is 0.500. The van der Waals surface area contributed by atoms with Crippen molar-refractivity contribution in [1.82, 2.24) is 4.90 Å². The van der Waals surface area contributed by atoms with Gasteiger partial charge in [0.1, 0.15) is 16.7 Å². The molecule has 1 heterocycles. The molecule has 1 aliphatic heterocycles. The molecule has 1 aromatic carbocycles. The van der Waals surface area contributed by atoms with E-state index in [-0.39, 0.29) is 24.9 Å². The van der Waals surface area contributed by atoms with E-state index in [1.807, 2.05) is 6.92 Å². The molecule has 0 saturated carbocycles. The third-order valence-corrected chi connectivity index (χ3v) is 5.74. The van der Waals surface area contributed by atoms with Gasteiger partial charge >= 0.3 is 0 Å². The number of hydrogen-bond donors (Lipinski definition) is 0. The summed E-state index contributed by atoms with van der Waals surface area (Å²) in [6.07, 6.45) is -0.0948. The fourth-order valence-electron chi connectivity index (χ4n) is 2.59. The quantitative estimate of drug-likeness (QED) is 0.761. The predicted octanol–water partition coefficient (Wildman–Crippen LogP) is 1.93. The van der Waals surface area contributed by atoms with Gasteiger partial charge in [0.15, 0.2) is 0 Å². The summed E-state index contributed by atoms with van der Waals surface area (Å²) in [5.41, 5.74) is 0.753. The zero-order valence-electron chi connectivity index (χ0n) is 12.6. The molecule has 1 saturated heterocycles. The van der Waals surface area contributed by atoms with Gasteiger partial charge in [-0.05, 0) is 25.1 Å². The summed E-state index contributed by atoms with van der Waals surface area (Å²) < 4.78 is 33.4. The Labute approximate surface area is 134 Å². The van der Waals surface area contributed by atoms with Gasteiger partial charge in [-0.15, -0.1) is 0 Å². The van der Waals surface area contributed by atoms with Gasteiger partial charge in [-0.2, -0.15) is 0 Å². The van der Waals surface area contributed by atoms with Crippen LogP contribution in [-0.4, -0.2) is 45.2 Å². The number of benzene rings is 1. The number of carbonyl (C=O) groups is 1. The summed E-state index contributed by atoms with van der Waals surface area (Å²) >= 11 is 0. The van der Waals surface area contributed by atoms with E-state index in [9.17, 15) is 13.2 Å². The first-order valence-corrected chi connectivity index (χ1v) is 9.10. The van der Waals surface area contributed by atoms with E-state index in [1.54, 1.807) is 25.3 Å². The Kier molecular flexibility index (Phi) is 4.87. The number of rotatable bonds is 5. The minimum Gasteiger partial charge on any atom is -0.497 e. The number of methoxy groups -OCH3 is 2. The van der Waals surface area contributed by atoms with Crippen LogP contribution in [0, 0.1) is 0 Å². The molecule has 1 aliphatic rings. The number of hydrogen-bond acceptors (Lipinski definition) is 5. The van der Waals surface area contributed by atoms with Crippen molar-refractivity contribution in [3.05, 3.63) is 23.8 Å². The lowest BCUT2D eigenvalue weighted by Gasteiger charge is -2.26. The van der Waals surface area contributed by atoms with Crippen LogP contribution in [0.25, 0.3) is 0 Å². The maximum atomic E-state index is 12.1. The summed E-state index contributed by atoms with van der Waals surface area (Å²) in [5, 5.41) is -0.874. The molecule has 0 aromatic heterocycles. The monoisotopic (exact) mass is 347 g/mol. The second-order valence-corrected chi connectivity index (χ2v) is 8.04. The van der Waals surface area contributed by atoms with Gasteiger partial charge in [0.05, 0.1) is 20.3 Å².